The van der Waals surface area contributed by atoms with Gasteiger partial charge < -0.3 is 15.4 Å². The molecule has 1 unspecified atom stereocenters. The van der Waals surface area contributed by atoms with Crippen molar-refractivity contribution < 1.29 is 14.5 Å². The highest BCUT2D eigenvalue weighted by Gasteiger charge is 2.27. The zero-order chi connectivity index (χ0) is 14.7. The monoisotopic (exact) mass is 315 g/mol. The van der Waals surface area contributed by atoms with E-state index in [0.29, 0.717) is 31.1 Å². The highest BCUT2D eigenvalue weighted by Crippen LogP contribution is 2.28. The van der Waals surface area contributed by atoms with Crippen LogP contribution in [0, 0.1) is 16.0 Å². The molecule has 0 bridgehead atoms. The van der Waals surface area contributed by atoms with E-state index in [4.69, 9.17) is 10.5 Å². The number of rotatable bonds is 4. The number of benzene rings is 1. The third-order valence-corrected chi connectivity index (χ3v) is 3.53. The Hall–Kier alpha value is -1.86. The average Bonchev–Trinajstić information content (AvgIpc) is 2.94. The largest absolute Gasteiger partial charge is 0.490 e. The first kappa shape index (κ1) is 17.2. The summed E-state index contributed by atoms with van der Waals surface area (Å²) in [6.07, 6.45) is 0.895. The zero-order valence-electron chi connectivity index (χ0n) is 11.7. The predicted octanol–water partition coefficient (Wildman–Crippen LogP) is 1.45. The Balaban J connectivity index is 0.00000220. The van der Waals surface area contributed by atoms with Crippen molar-refractivity contribution in [2.24, 2.45) is 11.7 Å². The number of halogens is 1. The maximum absolute atomic E-state index is 12.3. The Bertz CT molecular complexity index is 538. The standard InChI is InChI=1S/C13H17N3O4.ClH/c1-20-12-6-10(2-3-11(12)16(18)19)13(17)15-5-4-9(7-14)8-15;/h2-3,6,9H,4-5,7-8,14H2,1H3;1H. The van der Waals surface area contributed by atoms with Gasteiger partial charge in [0.25, 0.3) is 5.91 Å². The molecule has 7 nitrogen and oxygen atoms in total. The van der Waals surface area contributed by atoms with Gasteiger partial charge in [-0.25, -0.2) is 0 Å². The number of nitro benzene ring substituents is 1. The van der Waals surface area contributed by atoms with Gasteiger partial charge in [-0.05, 0) is 24.9 Å². The topological polar surface area (TPSA) is 98.7 Å². The van der Waals surface area contributed by atoms with Crippen molar-refractivity contribution in [3.8, 4) is 5.75 Å². The van der Waals surface area contributed by atoms with Gasteiger partial charge in [0, 0.05) is 30.8 Å². The van der Waals surface area contributed by atoms with Crippen LogP contribution in [0.4, 0.5) is 5.69 Å². The molecule has 1 amide bonds. The molecule has 8 heteroatoms. The Labute approximate surface area is 128 Å². The van der Waals surface area contributed by atoms with Crippen molar-refractivity contribution >= 4 is 24.0 Å². The molecule has 1 aliphatic rings. The number of nitrogens with zero attached hydrogens (tertiary/aromatic N) is 2. The summed E-state index contributed by atoms with van der Waals surface area (Å²) in [5.74, 6) is 0.281. The molecule has 2 N–H and O–H groups in total. The summed E-state index contributed by atoms with van der Waals surface area (Å²) in [5, 5.41) is 10.8. The molecule has 1 saturated heterocycles. The SMILES string of the molecule is COc1cc(C(=O)N2CCC(CN)C2)ccc1[N+](=O)[O-].Cl. The number of likely N-dealkylation sites (tertiary alicyclic amines) is 1. The van der Waals surface area contributed by atoms with E-state index in [2.05, 4.69) is 0 Å². The Morgan fingerprint density at radius 3 is 2.81 bits per heavy atom. The van der Waals surface area contributed by atoms with E-state index in [9.17, 15) is 14.9 Å². The fraction of sp³-hybridized carbons (Fsp3) is 0.462. The minimum Gasteiger partial charge on any atom is -0.490 e. The van der Waals surface area contributed by atoms with Crippen molar-refractivity contribution in [3.63, 3.8) is 0 Å². The van der Waals surface area contributed by atoms with Gasteiger partial charge >= 0.3 is 5.69 Å². The first-order valence-corrected chi connectivity index (χ1v) is 6.38. The lowest BCUT2D eigenvalue weighted by Gasteiger charge is -2.16. The van der Waals surface area contributed by atoms with Gasteiger partial charge in [-0.1, -0.05) is 0 Å². The molecule has 116 valence electrons. The number of carbonyl (C=O) groups is 1. The summed E-state index contributed by atoms with van der Waals surface area (Å²) in [6.45, 7) is 1.86. The van der Waals surface area contributed by atoms with Crippen LogP contribution in [-0.2, 0) is 0 Å². The number of hydrogen-bond acceptors (Lipinski definition) is 5. The summed E-state index contributed by atoms with van der Waals surface area (Å²) in [5.41, 5.74) is 5.85. The van der Waals surface area contributed by atoms with Crippen LogP contribution < -0.4 is 10.5 Å². The van der Waals surface area contributed by atoms with Gasteiger partial charge in [0.05, 0.1) is 12.0 Å². The third-order valence-electron chi connectivity index (χ3n) is 3.53. The quantitative estimate of drug-likeness (QED) is 0.669. The zero-order valence-corrected chi connectivity index (χ0v) is 12.5. The van der Waals surface area contributed by atoms with E-state index >= 15 is 0 Å². The molecule has 0 saturated carbocycles. The van der Waals surface area contributed by atoms with Crippen LogP contribution in [0.2, 0.25) is 0 Å². The van der Waals surface area contributed by atoms with Gasteiger partial charge in [0.15, 0.2) is 5.75 Å². The molecular weight excluding hydrogens is 298 g/mol. The van der Waals surface area contributed by atoms with Crippen molar-refractivity contribution in [3.05, 3.63) is 33.9 Å². The number of carbonyl (C=O) groups excluding carboxylic acids is 1. The van der Waals surface area contributed by atoms with Crippen molar-refractivity contribution in [2.75, 3.05) is 26.7 Å². The fourth-order valence-corrected chi connectivity index (χ4v) is 2.35. The summed E-state index contributed by atoms with van der Waals surface area (Å²) in [6, 6.07) is 4.16. The Morgan fingerprint density at radius 2 is 2.29 bits per heavy atom. The van der Waals surface area contributed by atoms with E-state index in [0.717, 1.165) is 6.42 Å². The van der Waals surface area contributed by atoms with Crippen LogP contribution in [0.5, 0.6) is 5.75 Å². The predicted molar refractivity (Wildman–Crippen MR) is 80.0 cm³/mol. The number of amides is 1. The number of ether oxygens (including phenoxy) is 1. The molecule has 0 radical (unpaired) electrons. The molecule has 0 aromatic heterocycles. The second-order valence-electron chi connectivity index (χ2n) is 4.79. The summed E-state index contributed by atoms with van der Waals surface area (Å²) >= 11 is 0. The highest BCUT2D eigenvalue weighted by molar-refractivity contribution is 5.95. The first-order valence-electron chi connectivity index (χ1n) is 6.38. The van der Waals surface area contributed by atoms with Crippen LogP contribution in [0.25, 0.3) is 0 Å². The minimum absolute atomic E-state index is 0. The highest BCUT2D eigenvalue weighted by atomic mass is 35.5. The molecule has 1 heterocycles. The van der Waals surface area contributed by atoms with Crippen LogP contribution >= 0.6 is 12.4 Å². The lowest BCUT2D eigenvalue weighted by molar-refractivity contribution is -0.385. The molecule has 2 rings (SSSR count). The number of nitrogens with two attached hydrogens (primary N) is 1. The molecule has 1 fully saturated rings. The van der Waals surface area contributed by atoms with Crippen LogP contribution in [0.15, 0.2) is 18.2 Å². The second kappa shape index (κ2) is 7.24. The molecule has 1 atom stereocenters. The van der Waals surface area contributed by atoms with Gasteiger partial charge in [-0.15, -0.1) is 12.4 Å². The Kier molecular flexibility index (Phi) is 5.92. The molecular formula is C13H18ClN3O4. The van der Waals surface area contributed by atoms with Gasteiger partial charge in [0.2, 0.25) is 0 Å². The van der Waals surface area contributed by atoms with Crippen molar-refractivity contribution in [1.29, 1.82) is 0 Å². The molecule has 0 aliphatic carbocycles. The normalized spacial score (nSPS) is 17.2. The maximum atomic E-state index is 12.3. The van der Waals surface area contributed by atoms with Crippen molar-refractivity contribution in [2.45, 2.75) is 6.42 Å². The van der Waals surface area contributed by atoms with Gasteiger partial charge in [-0.3, -0.25) is 14.9 Å². The number of nitro groups is 1. The maximum Gasteiger partial charge on any atom is 0.310 e. The minimum atomic E-state index is -0.534. The van der Waals surface area contributed by atoms with Crippen LogP contribution in [0.1, 0.15) is 16.8 Å². The van der Waals surface area contributed by atoms with E-state index in [1.165, 1.54) is 25.3 Å². The van der Waals surface area contributed by atoms with E-state index in [1.54, 1.807) is 4.90 Å². The number of methoxy groups -OCH3 is 1. The lowest BCUT2D eigenvalue weighted by atomic mass is 10.1. The smallest absolute Gasteiger partial charge is 0.310 e. The second-order valence-corrected chi connectivity index (χ2v) is 4.79. The van der Waals surface area contributed by atoms with Gasteiger partial charge in [0.1, 0.15) is 0 Å². The summed E-state index contributed by atoms with van der Waals surface area (Å²) in [4.78, 5) is 24.3. The van der Waals surface area contributed by atoms with E-state index < -0.39 is 4.92 Å². The number of hydrogen-bond donors (Lipinski definition) is 1. The van der Waals surface area contributed by atoms with E-state index in [1.807, 2.05) is 0 Å². The molecule has 21 heavy (non-hydrogen) atoms. The molecule has 1 aliphatic heterocycles. The van der Waals surface area contributed by atoms with E-state index in [-0.39, 0.29) is 29.8 Å². The van der Waals surface area contributed by atoms with Gasteiger partial charge in [-0.2, -0.15) is 0 Å². The van der Waals surface area contributed by atoms with Crippen molar-refractivity contribution in [1.82, 2.24) is 4.90 Å². The average molecular weight is 316 g/mol. The summed E-state index contributed by atoms with van der Waals surface area (Å²) < 4.78 is 4.97. The van der Waals surface area contributed by atoms with Crippen LogP contribution in [-0.4, -0.2) is 42.5 Å². The lowest BCUT2D eigenvalue weighted by Crippen LogP contribution is -2.29. The molecule has 1 aromatic rings. The molecule has 1 aromatic carbocycles. The summed E-state index contributed by atoms with van der Waals surface area (Å²) in [7, 11) is 1.34. The van der Waals surface area contributed by atoms with Crippen LogP contribution in [0.3, 0.4) is 0 Å². The first-order chi connectivity index (χ1) is 9.56. The molecule has 0 spiro atoms. The third kappa shape index (κ3) is 3.62. The fourth-order valence-electron chi connectivity index (χ4n) is 2.35. The Morgan fingerprint density at radius 1 is 1.57 bits per heavy atom.